The van der Waals surface area contributed by atoms with Gasteiger partial charge in [0.2, 0.25) is 0 Å². The summed E-state index contributed by atoms with van der Waals surface area (Å²) in [4.78, 5) is 24.2. The number of ether oxygens (including phenoxy) is 3. The maximum atomic E-state index is 12.3. The van der Waals surface area contributed by atoms with Crippen molar-refractivity contribution in [2.75, 3.05) is 19.8 Å². The Balaban J connectivity index is 1.40. The van der Waals surface area contributed by atoms with Crippen molar-refractivity contribution in [3.63, 3.8) is 0 Å². The van der Waals surface area contributed by atoms with Crippen LogP contribution in [0, 0.1) is 0 Å². The first-order chi connectivity index (χ1) is 15.1. The topological polar surface area (TPSA) is 85.9 Å². The summed E-state index contributed by atoms with van der Waals surface area (Å²) in [6.07, 6.45) is 0. The molecule has 2 N–H and O–H groups in total. The molecule has 31 heavy (non-hydrogen) atoms. The minimum absolute atomic E-state index is 0.297. The van der Waals surface area contributed by atoms with E-state index in [1.165, 1.54) is 0 Å². The molecule has 0 saturated heterocycles. The molecule has 0 saturated carbocycles. The molecule has 3 aromatic carbocycles. The van der Waals surface area contributed by atoms with E-state index in [4.69, 9.17) is 25.8 Å². The predicted molar refractivity (Wildman–Crippen MR) is 116 cm³/mol. The Labute approximate surface area is 184 Å². The van der Waals surface area contributed by atoms with Gasteiger partial charge in [0.1, 0.15) is 30.5 Å². The monoisotopic (exact) mass is 440 g/mol. The maximum absolute atomic E-state index is 12.3. The smallest absolute Gasteiger partial charge is 0.276 e. The first-order valence-corrected chi connectivity index (χ1v) is 9.87. The summed E-state index contributed by atoms with van der Waals surface area (Å²) in [5, 5.41) is 0.394. The van der Waals surface area contributed by atoms with Crippen LogP contribution in [0.5, 0.6) is 17.2 Å². The van der Waals surface area contributed by atoms with Crippen molar-refractivity contribution in [3.8, 4) is 17.2 Å². The van der Waals surface area contributed by atoms with Gasteiger partial charge in [-0.05, 0) is 42.5 Å². The Hall–Kier alpha value is -3.71. The average molecular weight is 441 g/mol. The van der Waals surface area contributed by atoms with Gasteiger partial charge in [0.15, 0.2) is 6.61 Å². The van der Waals surface area contributed by atoms with Crippen LogP contribution in [0.1, 0.15) is 10.4 Å². The van der Waals surface area contributed by atoms with Crippen molar-refractivity contribution in [2.45, 2.75) is 0 Å². The number of rotatable bonds is 9. The molecule has 3 rings (SSSR count). The van der Waals surface area contributed by atoms with E-state index in [-0.39, 0.29) is 6.61 Å². The summed E-state index contributed by atoms with van der Waals surface area (Å²) < 4.78 is 16.5. The third-order valence-corrected chi connectivity index (χ3v) is 4.28. The highest BCUT2D eigenvalue weighted by molar-refractivity contribution is 6.32. The maximum Gasteiger partial charge on any atom is 0.276 e. The van der Waals surface area contributed by atoms with Crippen LogP contribution >= 0.6 is 11.6 Å². The number of hydrogen-bond acceptors (Lipinski definition) is 5. The summed E-state index contributed by atoms with van der Waals surface area (Å²) in [6, 6.07) is 22.8. The van der Waals surface area contributed by atoms with E-state index in [0.717, 1.165) is 5.75 Å². The second-order valence-corrected chi connectivity index (χ2v) is 6.67. The van der Waals surface area contributed by atoms with Crippen molar-refractivity contribution < 1.29 is 23.8 Å². The summed E-state index contributed by atoms with van der Waals surface area (Å²) in [6.45, 7) is 0.382. The number of nitrogens with one attached hydrogen (secondary N) is 2. The molecule has 0 bridgehead atoms. The number of hydrogen-bond donors (Lipinski definition) is 2. The lowest BCUT2D eigenvalue weighted by Gasteiger charge is -2.11. The fraction of sp³-hybridized carbons (Fsp3) is 0.130. The van der Waals surface area contributed by atoms with Gasteiger partial charge in [0.05, 0.1) is 5.02 Å². The minimum atomic E-state index is -0.529. The molecular formula is C23H21ClN2O5. The first kappa shape index (κ1) is 22.0. The van der Waals surface area contributed by atoms with Gasteiger partial charge in [-0.15, -0.1) is 0 Å². The highest BCUT2D eigenvalue weighted by Gasteiger charge is 2.10. The average Bonchev–Trinajstić information content (AvgIpc) is 2.80. The van der Waals surface area contributed by atoms with Crippen LogP contribution in [0.3, 0.4) is 0 Å². The molecule has 0 radical (unpaired) electrons. The molecule has 0 unspecified atom stereocenters. The second kappa shape index (κ2) is 11.5. The van der Waals surface area contributed by atoms with Crippen LogP contribution in [-0.2, 0) is 4.79 Å². The zero-order valence-corrected chi connectivity index (χ0v) is 17.3. The zero-order valence-electron chi connectivity index (χ0n) is 16.5. The van der Waals surface area contributed by atoms with E-state index in [0.29, 0.717) is 35.3 Å². The van der Waals surface area contributed by atoms with Crippen LogP contribution in [0.15, 0.2) is 78.9 Å². The number of hydrazine groups is 1. The molecule has 0 heterocycles. The predicted octanol–water partition coefficient (Wildman–Crippen LogP) is 3.64. The Bertz CT molecular complexity index is 1010. The zero-order chi connectivity index (χ0) is 21.9. The van der Waals surface area contributed by atoms with Crippen molar-refractivity contribution in [1.29, 1.82) is 0 Å². The van der Waals surface area contributed by atoms with E-state index in [2.05, 4.69) is 10.9 Å². The highest BCUT2D eigenvalue weighted by atomic mass is 35.5. The van der Waals surface area contributed by atoms with E-state index in [1.807, 2.05) is 30.3 Å². The first-order valence-electron chi connectivity index (χ1n) is 9.49. The molecule has 0 fully saturated rings. The normalized spacial score (nSPS) is 10.1. The van der Waals surface area contributed by atoms with Gasteiger partial charge in [-0.25, -0.2) is 0 Å². The molecule has 160 valence electrons. The van der Waals surface area contributed by atoms with Gasteiger partial charge in [0.25, 0.3) is 11.8 Å². The van der Waals surface area contributed by atoms with E-state index < -0.39 is 11.8 Å². The molecular weight excluding hydrogens is 420 g/mol. The van der Waals surface area contributed by atoms with Crippen molar-refractivity contribution in [3.05, 3.63) is 89.4 Å². The molecule has 3 aromatic rings. The van der Waals surface area contributed by atoms with E-state index in [1.54, 1.807) is 48.5 Å². The van der Waals surface area contributed by atoms with Gasteiger partial charge in [-0.2, -0.15) is 0 Å². The van der Waals surface area contributed by atoms with Crippen molar-refractivity contribution in [1.82, 2.24) is 10.9 Å². The van der Waals surface area contributed by atoms with Crippen molar-refractivity contribution in [2.24, 2.45) is 0 Å². The molecule has 0 atom stereocenters. The second-order valence-electron chi connectivity index (χ2n) is 6.26. The Kier molecular flexibility index (Phi) is 8.13. The van der Waals surface area contributed by atoms with Crippen LogP contribution in [0.2, 0.25) is 5.02 Å². The fourth-order valence-electron chi connectivity index (χ4n) is 2.50. The fourth-order valence-corrected chi connectivity index (χ4v) is 2.69. The molecule has 0 spiro atoms. The molecule has 8 heteroatoms. The van der Waals surface area contributed by atoms with Gasteiger partial charge in [0, 0.05) is 5.56 Å². The summed E-state index contributed by atoms with van der Waals surface area (Å²) in [5.74, 6) is 0.633. The third kappa shape index (κ3) is 7.24. The number of para-hydroxylation sites is 2. The molecule has 0 aliphatic carbocycles. The van der Waals surface area contributed by atoms with Gasteiger partial charge in [-0.3, -0.25) is 20.4 Å². The lowest BCUT2D eigenvalue weighted by Crippen LogP contribution is -2.43. The third-order valence-electron chi connectivity index (χ3n) is 3.97. The van der Waals surface area contributed by atoms with Crippen LogP contribution < -0.4 is 25.1 Å². The number of carbonyl (C=O) groups is 2. The number of halogens is 1. The van der Waals surface area contributed by atoms with Crippen molar-refractivity contribution >= 4 is 23.4 Å². The van der Waals surface area contributed by atoms with Crippen LogP contribution in [0.25, 0.3) is 0 Å². The van der Waals surface area contributed by atoms with E-state index >= 15 is 0 Å². The SMILES string of the molecule is O=C(COc1ccccc1Cl)NNC(=O)c1cccc(OCCOc2ccccc2)c1. The van der Waals surface area contributed by atoms with Gasteiger partial charge < -0.3 is 14.2 Å². The summed E-state index contributed by atoms with van der Waals surface area (Å²) in [5.41, 5.74) is 4.95. The molecule has 2 amide bonds. The summed E-state index contributed by atoms with van der Waals surface area (Å²) >= 11 is 5.96. The quantitative estimate of drug-likeness (QED) is 0.392. The van der Waals surface area contributed by atoms with E-state index in [9.17, 15) is 9.59 Å². The molecule has 0 aromatic heterocycles. The largest absolute Gasteiger partial charge is 0.490 e. The molecule has 0 aliphatic heterocycles. The lowest BCUT2D eigenvalue weighted by atomic mass is 10.2. The van der Waals surface area contributed by atoms with Gasteiger partial charge in [-0.1, -0.05) is 48.0 Å². The Morgan fingerprint density at radius 2 is 1.42 bits per heavy atom. The number of carbonyl (C=O) groups excluding carboxylic acids is 2. The Morgan fingerprint density at radius 3 is 2.19 bits per heavy atom. The Morgan fingerprint density at radius 1 is 0.742 bits per heavy atom. The van der Waals surface area contributed by atoms with Crippen LogP contribution in [-0.4, -0.2) is 31.6 Å². The lowest BCUT2D eigenvalue weighted by molar-refractivity contribution is -0.123. The standard InChI is InChI=1S/C23H21ClN2O5/c24-20-11-4-5-12-21(20)31-16-22(27)25-26-23(28)17-7-6-10-19(15-17)30-14-13-29-18-8-2-1-3-9-18/h1-12,15H,13-14,16H2,(H,25,27)(H,26,28). The molecule has 7 nitrogen and oxygen atoms in total. The van der Waals surface area contributed by atoms with Gasteiger partial charge >= 0.3 is 0 Å². The van der Waals surface area contributed by atoms with Crippen LogP contribution in [0.4, 0.5) is 0 Å². The molecule has 0 aliphatic rings. The minimum Gasteiger partial charge on any atom is -0.490 e. The number of amides is 2. The highest BCUT2D eigenvalue weighted by Crippen LogP contribution is 2.22. The summed E-state index contributed by atoms with van der Waals surface area (Å²) in [7, 11) is 0. The number of benzene rings is 3.